The molecule has 0 aromatic rings. The van der Waals surface area contributed by atoms with E-state index in [-0.39, 0.29) is 24.7 Å². The van der Waals surface area contributed by atoms with Crippen LogP contribution in [-0.4, -0.2) is 50.1 Å². The van der Waals surface area contributed by atoms with Crippen LogP contribution in [0.25, 0.3) is 0 Å². The van der Waals surface area contributed by atoms with Gasteiger partial charge in [-0.25, -0.2) is 0 Å². The van der Waals surface area contributed by atoms with Crippen molar-refractivity contribution in [1.82, 2.24) is 4.90 Å². The van der Waals surface area contributed by atoms with Gasteiger partial charge < -0.3 is 14.4 Å². The van der Waals surface area contributed by atoms with Crippen molar-refractivity contribution >= 4 is 17.8 Å². The van der Waals surface area contributed by atoms with Gasteiger partial charge in [0.15, 0.2) is 5.41 Å². The minimum atomic E-state index is -1.40. The number of carbonyl (C=O) groups excluding carboxylic acids is 3. The Labute approximate surface area is 130 Å². The SMILES string of the molecule is C=C[C@@H]1CC(C(=O)OC)(C(=O)OC)C[C@H]1C(=O)N1CCCC1. The maximum Gasteiger partial charge on any atom is 0.323 e. The van der Waals surface area contributed by atoms with Crippen molar-refractivity contribution in [2.45, 2.75) is 25.7 Å². The van der Waals surface area contributed by atoms with Crippen LogP contribution in [-0.2, 0) is 23.9 Å². The van der Waals surface area contributed by atoms with Gasteiger partial charge in [0.25, 0.3) is 0 Å². The summed E-state index contributed by atoms with van der Waals surface area (Å²) >= 11 is 0. The molecule has 6 nitrogen and oxygen atoms in total. The zero-order valence-corrected chi connectivity index (χ0v) is 13.2. The lowest BCUT2D eigenvalue weighted by molar-refractivity contribution is -0.169. The van der Waals surface area contributed by atoms with Gasteiger partial charge in [-0.2, -0.15) is 0 Å². The lowest BCUT2D eigenvalue weighted by atomic mass is 9.85. The second kappa shape index (κ2) is 6.50. The minimum absolute atomic E-state index is 0.00270. The van der Waals surface area contributed by atoms with Crippen molar-refractivity contribution in [3.8, 4) is 0 Å². The van der Waals surface area contributed by atoms with E-state index >= 15 is 0 Å². The molecule has 0 aromatic carbocycles. The Morgan fingerprint density at radius 1 is 1.09 bits per heavy atom. The molecule has 122 valence electrons. The first kappa shape index (κ1) is 16.5. The fraction of sp³-hybridized carbons (Fsp3) is 0.688. The fourth-order valence-electron chi connectivity index (χ4n) is 3.65. The molecule has 2 atom stereocenters. The number of esters is 2. The first-order chi connectivity index (χ1) is 10.5. The Morgan fingerprint density at radius 3 is 2.09 bits per heavy atom. The predicted molar refractivity (Wildman–Crippen MR) is 78.7 cm³/mol. The third-order valence-corrected chi connectivity index (χ3v) is 4.86. The molecule has 1 aliphatic heterocycles. The van der Waals surface area contributed by atoms with Crippen LogP contribution in [0.5, 0.6) is 0 Å². The average Bonchev–Trinajstić information content (AvgIpc) is 3.20. The molecule has 2 rings (SSSR count). The van der Waals surface area contributed by atoms with E-state index in [0.717, 1.165) is 25.9 Å². The minimum Gasteiger partial charge on any atom is -0.468 e. The highest BCUT2D eigenvalue weighted by Gasteiger charge is 2.58. The van der Waals surface area contributed by atoms with Gasteiger partial charge in [-0.3, -0.25) is 14.4 Å². The molecule has 1 amide bonds. The standard InChI is InChI=1S/C16H23NO5/c1-4-11-9-16(14(19)21-2,15(20)22-3)10-12(11)13(18)17-7-5-6-8-17/h4,11-12H,1,5-10H2,2-3H3/t11-,12-/m1/s1. The van der Waals surface area contributed by atoms with E-state index in [1.807, 2.05) is 4.90 Å². The number of amides is 1. The molecule has 0 radical (unpaired) electrons. The van der Waals surface area contributed by atoms with Crippen LogP contribution in [0.4, 0.5) is 0 Å². The van der Waals surface area contributed by atoms with Gasteiger partial charge >= 0.3 is 11.9 Å². The van der Waals surface area contributed by atoms with Crippen molar-refractivity contribution in [3.63, 3.8) is 0 Å². The lowest BCUT2D eigenvalue weighted by Crippen LogP contribution is -2.40. The molecule has 1 saturated carbocycles. The highest BCUT2D eigenvalue weighted by molar-refractivity contribution is 6.01. The molecule has 0 unspecified atom stereocenters. The molecule has 2 fully saturated rings. The average molecular weight is 309 g/mol. The van der Waals surface area contributed by atoms with Gasteiger partial charge in [-0.15, -0.1) is 6.58 Å². The molecule has 6 heteroatoms. The van der Waals surface area contributed by atoms with E-state index in [2.05, 4.69) is 6.58 Å². The van der Waals surface area contributed by atoms with E-state index in [9.17, 15) is 14.4 Å². The Balaban J connectivity index is 2.28. The lowest BCUT2D eigenvalue weighted by Gasteiger charge is -2.24. The summed E-state index contributed by atoms with van der Waals surface area (Å²) in [5, 5.41) is 0. The predicted octanol–water partition coefficient (Wildman–Crippen LogP) is 1.15. The summed E-state index contributed by atoms with van der Waals surface area (Å²) in [7, 11) is 2.48. The number of allylic oxidation sites excluding steroid dienone is 1. The number of hydrogen-bond donors (Lipinski definition) is 0. The topological polar surface area (TPSA) is 72.9 Å². The van der Waals surface area contributed by atoms with Crippen LogP contribution in [0, 0.1) is 17.3 Å². The number of ether oxygens (including phenoxy) is 2. The number of hydrogen-bond acceptors (Lipinski definition) is 5. The van der Waals surface area contributed by atoms with Crippen LogP contribution >= 0.6 is 0 Å². The van der Waals surface area contributed by atoms with Crippen molar-refractivity contribution < 1.29 is 23.9 Å². The Morgan fingerprint density at radius 2 is 1.64 bits per heavy atom. The zero-order chi connectivity index (χ0) is 16.3. The molecule has 1 aliphatic carbocycles. The number of nitrogens with zero attached hydrogens (tertiary/aromatic N) is 1. The number of methoxy groups -OCH3 is 2. The second-order valence-electron chi connectivity index (χ2n) is 6.01. The van der Waals surface area contributed by atoms with Crippen molar-refractivity contribution in [1.29, 1.82) is 0 Å². The van der Waals surface area contributed by atoms with Gasteiger partial charge in [-0.1, -0.05) is 6.08 Å². The third-order valence-electron chi connectivity index (χ3n) is 4.86. The van der Waals surface area contributed by atoms with Crippen LogP contribution in [0.15, 0.2) is 12.7 Å². The summed E-state index contributed by atoms with van der Waals surface area (Å²) in [5.74, 6) is -1.93. The third kappa shape index (κ3) is 2.62. The van der Waals surface area contributed by atoms with Gasteiger partial charge in [0.05, 0.1) is 14.2 Å². The molecule has 0 aromatic heterocycles. The van der Waals surface area contributed by atoms with E-state index in [0.29, 0.717) is 0 Å². The highest BCUT2D eigenvalue weighted by atomic mass is 16.5. The van der Waals surface area contributed by atoms with Gasteiger partial charge in [-0.05, 0) is 31.6 Å². The summed E-state index contributed by atoms with van der Waals surface area (Å²) in [6.45, 7) is 5.24. The summed E-state index contributed by atoms with van der Waals surface area (Å²) < 4.78 is 9.62. The van der Waals surface area contributed by atoms with Gasteiger partial charge in [0, 0.05) is 19.0 Å². The van der Waals surface area contributed by atoms with Gasteiger partial charge in [0.1, 0.15) is 0 Å². The van der Waals surface area contributed by atoms with E-state index < -0.39 is 23.3 Å². The Kier molecular flexibility index (Phi) is 4.88. The summed E-state index contributed by atoms with van der Waals surface area (Å²) in [4.78, 5) is 38.9. The van der Waals surface area contributed by atoms with E-state index in [1.54, 1.807) is 6.08 Å². The highest BCUT2D eigenvalue weighted by Crippen LogP contribution is 2.48. The Hall–Kier alpha value is -1.85. The largest absolute Gasteiger partial charge is 0.468 e. The maximum atomic E-state index is 12.7. The maximum absolute atomic E-state index is 12.7. The van der Waals surface area contributed by atoms with E-state index in [1.165, 1.54) is 14.2 Å². The quantitative estimate of drug-likeness (QED) is 0.442. The molecule has 1 heterocycles. The summed E-state index contributed by atoms with van der Waals surface area (Å²) in [5.41, 5.74) is -1.40. The zero-order valence-electron chi connectivity index (χ0n) is 13.2. The number of carbonyl (C=O) groups is 3. The van der Waals surface area contributed by atoms with Crippen LogP contribution in [0.3, 0.4) is 0 Å². The van der Waals surface area contributed by atoms with E-state index in [4.69, 9.17) is 9.47 Å². The fourth-order valence-corrected chi connectivity index (χ4v) is 3.65. The molecule has 0 bridgehead atoms. The van der Waals surface area contributed by atoms with Crippen molar-refractivity contribution in [2.75, 3.05) is 27.3 Å². The van der Waals surface area contributed by atoms with Crippen LogP contribution < -0.4 is 0 Å². The smallest absolute Gasteiger partial charge is 0.323 e. The normalized spacial score (nSPS) is 26.5. The molecule has 22 heavy (non-hydrogen) atoms. The summed E-state index contributed by atoms with van der Waals surface area (Å²) in [6.07, 6.45) is 3.98. The second-order valence-corrected chi connectivity index (χ2v) is 6.01. The first-order valence-electron chi connectivity index (χ1n) is 7.58. The molecule has 2 aliphatic rings. The molecular formula is C16H23NO5. The molecular weight excluding hydrogens is 286 g/mol. The van der Waals surface area contributed by atoms with Gasteiger partial charge in [0.2, 0.25) is 5.91 Å². The summed E-state index contributed by atoms with van der Waals surface area (Å²) in [6, 6.07) is 0. The first-order valence-corrected chi connectivity index (χ1v) is 7.58. The van der Waals surface area contributed by atoms with Crippen molar-refractivity contribution in [3.05, 3.63) is 12.7 Å². The monoisotopic (exact) mass is 309 g/mol. The Bertz CT molecular complexity index is 465. The molecule has 0 spiro atoms. The molecule has 0 N–H and O–H groups in total. The van der Waals surface area contributed by atoms with Crippen molar-refractivity contribution in [2.24, 2.45) is 17.3 Å². The number of rotatable bonds is 4. The number of likely N-dealkylation sites (tertiary alicyclic amines) is 1. The van der Waals surface area contributed by atoms with Crippen LogP contribution in [0.1, 0.15) is 25.7 Å². The molecule has 1 saturated heterocycles. The van der Waals surface area contributed by atoms with Crippen LogP contribution in [0.2, 0.25) is 0 Å².